The van der Waals surface area contributed by atoms with Gasteiger partial charge in [-0.15, -0.1) is 0 Å². The summed E-state index contributed by atoms with van der Waals surface area (Å²) in [6.07, 6.45) is 5.91. The number of nitrogens with one attached hydrogen (secondary N) is 1. The smallest absolute Gasteiger partial charge is 0.243 e. The lowest BCUT2D eigenvalue weighted by molar-refractivity contribution is -0.148. The van der Waals surface area contributed by atoms with Crippen LogP contribution in [-0.4, -0.2) is 47.8 Å². The van der Waals surface area contributed by atoms with Gasteiger partial charge in [0, 0.05) is 6.54 Å². The second-order valence-electron chi connectivity index (χ2n) is 7.41. The Kier molecular flexibility index (Phi) is 6.99. The summed E-state index contributed by atoms with van der Waals surface area (Å²) >= 11 is 1.61. The minimum atomic E-state index is -0.726. The van der Waals surface area contributed by atoms with E-state index in [2.05, 4.69) is 5.32 Å². The molecule has 152 valence electrons. The second kappa shape index (κ2) is 9.45. The number of carbonyl (C=O) groups excluding carboxylic acids is 3. The van der Waals surface area contributed by atoms with Crippen molar-refractivity contribution in [3.8, 4) is 5.75 Å². The zero-order valence-electron chi connectivity index (χ0n) is 16.5. The molecule has 1 aromatic carbocycles. The van der Waals surface area contributed by atoms with Crippen LogP contribution in [0, 0.1) is 11.8 Å². The van der Waals surface area contributed by atoms with Gasteiger partial charge in [0.05, 0.1) is 18.9 Å². The van der Waals surface area contributed by atoms with E-state index in [0.29, 0.717) is 18.7 Å². The van der Waals surface area contributed by atoms with Crippen LogP contribution in [0.4, 0.5) is 0 Å². The number of imide groups is 1. The van der Waals surface area contributed by atoms with E-state index in [1.807, 2.05) is 30.5 Å². The first-order chi connectivity index (χ1) is 13.6. The van der Waals surface area contributed by atoms with Crippen LogP contribution in [0.5, 0.6) is 5.75 Å². The number of ether oxygens (including phenoxy) is 1. The molecule has 3 atom stereocenters. The molecule has 28 heavy (non-hydrogen) atoms. The zero-order chi connectivity index (χ0) is 20.1. The highest BCUT2D eigenvalue weighted by Gasteiger charge is 2.51. The highest BCUT2D eigenvalue weighted by molar-refractivity contribution is 7.98. The van der Waals surface area contributed by atoms with Crippen LogP contribution in [0.1, 0.15) is 37.7 Å². The maximum atomic E-state index is 12.9. The SMILES string of the molecule is COc1ccc(CNC(=O)[C@H](CCSC)N2C(=O)[C@@H]3CCCC[C@H]3C2=O)cc1. The number of hydrogen-bond donors (Lipinski definition) is 1. The molecule has 2 aliphatic rings. The summed E-state index contributed by atoms with van der Waals surface area (Å²) in [5.74, 6) is 0.446. The normalized spacial score (nSPS) is 22.7. The molecule has 0 spiro atoms. The zero-order valence-corrected chi connectivity index (χ0v) is 17.3. The highest BCUT2D eigenvalue weighted by Crippen LogP contribution is 2.39. The molecule has 7 heteroatoms. The first-order valence-corrected chi connectivity index (χ1v) is 11.2. The Morgan fingerprint density at radius 2 is 1.79 bits per heavy atom. The topological polar surface area (TPSA) is 75.7 Å². The molecule has 3 amide bonds. The van der Waals surface area contributed by atoms with Gasteiger partial charge in [-0.1, -0.05) is 25.0 Å². The van der Waals surface area contributed by atoms with Crippen molar-refractivity contribution in [1.29, 1.82) is 0 Å². The summed E-state index contributed by atoms with van der Waals surface area (Å²) in [5.41, 5.74) is 0.936. The highest BCUT2D eigenvalue weighted by atomic mass is 32.2. The van der Waals surface area contributed by atoms with Gasteiger partial charge in [-0.3, -0.25) is 19.3 Å². The number of benzene rings is 1. The Labute approximate surface area is 170 Å². The van der Waals surface area contributed by atoms with Crippen LogP contribution >= 0.6 is 11.8 Å². The fourth-order valence-corrected chi connectivity index (χ4v) is 4.61. The molecule has 1 aliphatic heterocycles. The van der Waals surface area contributed by atoms with Gasteiger partial charge in [-0.25, -0.2) is 0 Å². The number of hydrogen-bond acceptors (Lipinski definition) is 5. The molecule has 0 bridgehead atoms. The van der Waals surface area contributed by atoms with E-state index >= 15 is 0 Å². The molecule has 1 N–H and O–H groups in total. The molecule has 1 heterocycles. The molecule has 2 fully saturated rings. The van der Waals surface area contributed by atoms with Gasteiger partial charge >= 0.3 is 0 Å². The van der Waals surface area contributed by atoms with Crippen molar-refractivity contribution in [1.82, 2.24) is 10.2 Å². The number of thioether (sulfide) groups is 1. The first-order valence-electron chi connectivity index (χ1n) is 9.83. The van der Waals surface area contributed by atoms with Crippen LogP contribution in [0.25, 0.3) is 0 Å². The second-order valence-corrected chi connectivity index (χ2v) is 8.39. The van der Waals surface area contributed by atoms with Crippen molar-refractivity contribution >= 4 is 29.5 Å². The molecule has 1 aromatic rings. The van der Waals surface area contributed by atoms with Crippen molar-refractivity contribution in [2.24, 2.45) is 11.8 Å². The van der Waals surface area contributed by atoms with Crippen molar-refractivity contribution in [3.05, 3.63) is 29.8 Å². The van der Waals surface area contributed by atoms with Crippen LogP contribution < -0.4 is 10.1 Å². The van der Waals surface area contributed by atoms with Crippen molar-refractivity contribution < 1.29 is 19.1 Å². The largest absolute Gasteiger partial charge is 0.497 e. The van der Waals surface area contributed by atoms with Crippen molar-refractivity contribution in [3.63, 3.8) is 0 Å². The standard InChI is InChI=1S/C21H28N2O4S/c1-27-15-9-7-14(8-10-15)13-22-19(24)18(11-12-28-2)23-20(25)16-5-3-4-6-17(16)21(23)26/h7-10,16-18H,3-6,11-13H2,1-2H3,(H,22,24)/t16-,17-,18+/m1/s1. The Hall–Kier alpha value is -2.02. The lowest BCUT2D eigenvalue weighted by atomic mass is 9.81. The molecule has 0 aromatic heterocycles. The third kappa shape index (κ3) is 4.35. The predicted molar refractivity (Wildman–Crippen MR) is 109 cm³/mol. The van der Waals surface area contributed by atoms with E-state index in [0.717, 1.165) is 37.0 Å². The lowest BCUT2D eigenvalue weighted by Gasteiger charge is -2.26. The first kappa shape index (κ1) is 20.7. The minimum Gasteiger partial charge on any atom is -0.497 e. The molecule has 6 nitrogen and oxygen atoms in total. The fraction of sp³-hybridized carbons (Fsp3) is 0.571. The Balaban J connectivity index is 1.70. The quantitative estimate of drug-likeness (QED) is 0.674. The molecular weight excluding hydrogens is 376 g/mol. The average Bonchev–Trinajstić information content (AvgIpc) is 2.98. The summed E-state index contributed by atoms with van der Waals surface area (Å²) in [6.45, 7) is 0.349. The average molecular weight is 405 g/mol. The van der Waals surface area contributed by atoms with E-state index in [-0.39, 0.29) is 29.6 Å². The fourth-order valence-electron chi connectivity index (χ4n) is 4.15. The number of methoxy groups -OCH3 is 1. The van der Waals surface area contributed by atoms with E-state index in [1.54, 1.807) is 18.9 Å². The van der Waals surface area contributed by atoms with Gasteiger partial charge in [-0.2, -0.15) is 11.8 Å². The predicted octanol–water partition coefficient (Wildman–Crippen LogP) is 2.61. The van der Waals surface area contributed by atoms with Gasteiger partial charge in [0.1, 0.15) is 11.8 Å². The summed E-state index contributed by atoms with van der Waals surface area (Å²) in [4.78, 5) is 40.0. The molecule has 1 aliphatic carbocycles. The van der Waals surface area contributed by atoms with E-state index in [9.17, 15) is 14.4 Å². The number of amides is 3. The monoisotopic (exact) mass is 404 g/mol. The molecule has 0 radical (unpaired) electrons. The van der Waals surface area contributed by atoms with Crippen molar-refractivity contribution in [2.45, 2.75) is 44.7 Å². The molecule has 0 unspecified atom stereocenters. The van der Waals surface area contributed by atoms with Gasteiger partial charge in [0.25, 0.3) is 0 Å². The van der Waals surface area contributed by atoms with E-state index < -0.39 is 6.04 Å². The van der Waals surface area contributed by atoms with E-state index in [4.69, 9.17) is 4.74 Å². The maximum Gasteiger partial charge on any atom is 0.243 e. The number of rotatable bonds is 8. The molecule has 1 saturated carbocycles. The Morgan fingerprint density at radius 3 is 2.32 bits per heavy atom. The lowest BCUT2D eigenvalue weighted by Crippen LogP contribution is -2.50. The van der Waals surface area contributed by atoms with Gasteiger partial charge in [0.15, 0.2) is 0 Å². The molecule has 1 saturated heterocycles. The third-order valence-corrected chi connectivity index (χ3v) is 6.35. The Morgan fingerprint density at radius 1 is 1.18 bits per heavy atom. The van der Waals surface area contributed by atoms with Crippen molar-refractivity contribution in [2.75, 3.05) is 19.1 Å². The van der Waals surface area contributed by atoms with Crippen LogP contribution in [0.15, 0.2) is 24.3 Å². The van der Waals surface area contributed by atoms with Crippen LogP contribution in [0.2, 0.25) is 0 Å². The van der Waals surface area contributed by atoms with Gasteiger partial charge < -0.3 is 10.1 Å². The van der Waals surface area contributed by atoms with Gasteiger partial charge in [0.2, 0.25) is 17.7 Å². The summed E-state index contributed by atoms with van der Waals surface area (Å²) in [7, 11) is 1.61. The maximum absolute atomic E-state index is 12.9. The molecular formula is C21H28N2O4S. The minimum absolute atomic E-state index is 0.152. The number of carbonyl (C=O) groups is 3. The number of nitrogens with zero attached hydrogens (tertiary/aromatic N) is 1. The van der Waals surface area contributed by atoms with Crippen LogP contribution in [0.3, 0.4) is 0 Å². The summed E-state index contributed by atoms with van der Waals surface area (Å²) < 4.78 is 5.14. The number of fused-ring (bicyclic) bond motifs is 1. The third-order valence-electron chi connectivity index (χ3n) is 5.71. The van der Waals surface area contributed by atoms with E-state index in [1.165, 1.54) is 4.90 Å². The Bertz CT molecular complexity index is 698. The van der Waals surface area contributed by atoms with Gasteiger partial charge in [-0.05, 0) is 49.0 Å². The van der Waals surface area contributed by atoms with Crippen LogP contribution in [-0.2, 0) is 20.9 Å². The molecule has 3 rings (SSSR count). The summed E-state index contributed by atoms with van der Waals surface area (Å²) in [6, 6.07) is 6.72. The number of likely N-dealkylation sites (tertiary alicyclic amines) is 1. The summed E-state index contributed by atoms with van der Waals surface area (Å²) in [5, 5.41) is 2.91.